The quantitative estimate of drug-likeness (QED) is 0.141. The van der Waals surface area contributed by atoms with Crippen molar-refractivity contribution in [1.82, 2.24) is 10.7 Å². The van der Waals surface area contributed by atoms with Crippen LogP contribution in [0.2, 0.25) is 10.0 Å². The lowest BCUT2D eigenvalue weighted by Crippen LogP contribution is -2.58. The summed E-state index contributed by atoms with van der Waals surface area (Å²) in [6, 6.07) is 13.2. The summed E-state index contributed by atoms with van der Waals surface area (Å²) in [7, 11) is 0. The number of hydrogen-bond acceptors (Lipinski definition) is 5. The highest BCUT2D eigenvalue weighted by Gasteiger charge is 2.38. The van der Waals surface area contributed by atoms with Gasteiger partial charge in [0, 0.05) is 10.0 Å². The molecule has 172 valence electrons. The van der Waals surface area contributed by atoms with Crippen LogP contribution < -0.4 is 22.4 Å². The minimum Gasteiger partial charge on any atom is -0.323 e. The van der Waals surface area contributed by atoms with Gasteiger partial charge in [0.1, 0.15) is 5.54 Å². The number of aryl methyl sites for hydroxylation is 1. The standard InChI is InChI=1S/C25H27Cl2N5O/c26-22-9-5-6-18(15-22)14-21-8-1-3-12-25(21,24(33)32-29)30-13-4-2-7-20-11-10-19(17-31-28)16-23(20)27/h1,3,5-6,8-12,14-17,30H,2,4,7,13,28-29H2,(H,32,33). The number of hydrogen-bond donors (Lipinski definition) is 4. The molecule has 3 rings (SSSR count). The number of nitrogens with two attached hydrogens (primary N) is 2. The molecule has 0 aliphatic heterocycles. The molecule has 2 aromatic carbocycles. The molecule has 0 saturated carbocycles. The van der Waals surface area contributed by atoms with Gasteiger partial charge in [0.2, 0.25) is 0 Å². The number of hydrazine groups is 1. The number of carbonyl (C=O) groups excluding carboxylic acids is 1. The van der Waals surface area contributed by atoms with Crippen molar-refractivity contribution in [3.05, 3.63) is 99.1 Å². The number of rotatable bonds is 9. The number of nitrogens with zero attached hydrogens (tertiary/aromatic N) is 1. The molecular formula is C25H27Cl2N5O. The predicted octanol–water partition coefficient (Wildman–Crippen LogP) is 4.14. The third kappa shape index (κ3) is 6.33. The van der Waals surface area contributed by atoms with Gasteiger partial charge >= 0.3 is 0 Å². The normalized spacial score (nSPS) is 18.8. The van der Waals surface area contributed by atoms with Crippen molar-refractivity contribution in [3.8, 4) is 0 Å². The van der Waals surface area contributed by atoms with Crippen molar-refractivity contribution in [2.45, 2.75) is 24.8 Å². The average molecular weight is 484 g/mol. The van der Waals surface area contributed by atoms with Crippen LogP contribution in [0.25, 0.3) is 6.08 Å². The Bertz CT molecular complexity index is 1110. The number of carbonyl (C=O) groups is 1. The van der Waals surface area contributed by atoms with Crippen molar-refractivity contribution >= 4 is 41.4 Å². The smallest absolute Gasteiger partial charge is 0.262 e. The molecule has 2 aromatic rings. The summed E-state index contributed by atoms with van der Waals surface area (Å²) in [5, 5.41) is 8.23. The summed E-state index contributed by atoms with van der Waals surface area (Å²) in [5.41, 5.74) is 4.81. The van der Waals surface area contributed by atoms with Gasteiger partial charge in [-0.1, -0.05) is 71.8 Å². The average Bonchev–Trinajstić information content (AvgIpc) is 2.81. The van der Waals surface area contributed by atoms with E-state index in [4.69, 9.17) is 34.9 Å². The Morgan fingerprint density at radius 2 is 1.94 bits per heavy atom. The van der Waals surface area contributed by atoms with Gasteiger partial charge in [-0.25, -0.2) is 5.84 Å². The van der Waals surface area contributed by atoms with Gasteiger partial charge in [-0.05, 0) is 72.3 Å². The molecular weight excluding hydrogens is 457 g/mol. The number of amides is 1. The largest absolute Gasteiger partial charge is 0.323 e. The second-order valence-corrected chi connectivity index (χ2v) is 8.51. The molecule has 8 heteroatoms. The van der Waals surface area contributed by atoms with Crippen LogP contribution in [-0.2, 0) is 11.2 Å². The van der Waals surface area contributed by atoms with Crippen LogP contribution in [0.15, 0.2) is 77.4 Å². The van der Waals surface area contributed by atoms with Crippen LogP contribution in [0, 0.1) is 0 Å². The third-order valence-electron chi connectivity index (χ3n) is 5.43. The zero-order valence-corrected chi connectivity index (χ0v) is 19.6. The second-order valence-electron chi connectivity index (χ2n) is 7.67. The van der Waals surface area contributed by atoms with Crippen molar-refractivity contribution in [2.75, 3.05) is 6.54 Å². The van der Waals surface area contributed by atoms with Gasteiger partial charge in [-0.3, -0.25) is 15.5 Å². The van der Waals surface area contributed by atoms with E-state index in [0.29, 0.717) is 16.6 Å². The van der Waals surface area contributed by atoms with Crippen LogP contribution in [0.3, 0.4) is 0 Å². The van der Waals surface area contributed by atoms with Crippen molar-refractivity contribution in [2.24, 2.45) is 16.8 Å². The van der Waals surface area contributed by atoms with Crippen LogP contribution in [0.5, 0.6) is 0 Å². The lowest BCUT2D eigenvalue weighted by atomic mass is 9.83. The van der Waals surface area contributed by atoms with E-state index in [9.17, 15) is 4.79 Å². The lowest BCUT2D eigenvalue weighted by Gasteiger charge is -2.33. The molecule has 33 heavy (non-hydrogen) atoms. The Morgan fingerprint density at radius 3 is 2.67 bits per heavy atom. The van der Waals surface area contributed by atoms with Crippen molar-refractivity contribution in [3.63, 3.8) is 0 Å². The third-order valence-corrected chi connectivity index (χ3v) is 6.01. The number of allylic oxidation sites excluding steroid dienone is 2. The maximum Gasteiger partial charge on any atom is 0.262 e. The molecule has 0 bridgehead atoms. The molecule has 1 amide bonds. The van der Waals surface area contributed by atoms with Crippen LogP contribution in [-0.4, -0.2) is 24.2 Å². The molecule has 0 fully saturated rings. The summed E-state index contributed by atoms with van der Waals surface area (Å²) in [6.07, 6.45) is 13.5. The molecule has 1 unspecified atom stereocenters. The summed E-state index contributed by atoms with van der Waals surface area (Å²) in [5.74, 6) is 10.4. The fourth-order valence-electron chi connectivity index (χ4n) is 3.75. The summed E-state index contributed by atoms with van der Waals surface area (Å²) in [4.78, 5) is 12.9. The van der Waals surface area contributed by atoms with Gasteiger partial charge in [-0.15, -0.1) is 0 Å². The molecule has 0 spiro atoms. The Kier molecular flexibility index (Phi) is 8.86. The van der Waals surface area contributed by atoms with E-state index in [1.54, 1.807) is 6.21 Å². The predicted molar refractivity (Wildman–Crippen MR) is 137 cm³/mol. The monoisotopic (exact) mass is 483 g/mol. The lowest BCUT2D eigenvalue weighted by molar-refractivity contribution is -0.124. The first kappa shape index (κ1) is 24.7. The first-order chi connectivity index (χ1) is 16.0. The minimum atomic E-state index is -1.08. The molecule has 1 aliphatic rings. The van der Waals surface area contributed by atoms with E-state index < -0.39 is 5.54 Å². The highest BCUT2D eigenvalue weighted by Crippen LogP contribution is 2.28. The van der Waals surface area contributed by atoms with Gasteiger partial charge in [0.15, 0.2) is 0 Å². The molecule has 0 saturated heterocycles. The fourth-order valence-corrected chi connectivity index (χ4v) is 4.23. The summed E-state index contributed by atoms with van der Waals surface area (Å²) < 4.78 is 0. The highest BCUT2D eigenvalue weighted by molar-refractivity contribution is 6.31. The van der Waals surface area contributed by atoms with E-state index in [1.165, 1.54) is 0 Å². The fraction of sp³-hybridized carbons (Fsp3) is 0.200. The summed E-state index contributed by atoms with van der Waals surface area (Å²) in [6.45, 7) is 0.605. The van der Waals surface area contributed by atoms with E-state index >= 15 is 0 Å². The van der Waals surface area contributed by atoms with E-state index in [0.717, 1.165) is 41.5 Å². The molecule has 1 atom stereocenters. The highest BCUT2D eigenvalue weighted by atomic mass is 35.5. The molecule has 1 aliphatic carbocycles. The number of benzene rings is 2. The van der Waals surface area contributed by atoms with Gasteiger partial charge < -0.3 is 5.84 Å². The maximum absolute atomic E-state index is 12.9. The van der Waals surface area contributed by atoms with Crippen LogP contribution >= 0.6 is 23.2 Å². The first-order valence-electron chi connectivity index (χ1n) is 10.6. The zero-order valence-electron chi connectivity index (χ0n) is 18.1. The molecule has 6 nitrogen and oxygen atoms in total. The van der Waals surface area contributed by atoms with Crippen LogP contribution in [0.1, 0.15) is 29.5 Å². The van der Waals surface area contributed by atoms with Crippen LogP contribution in [0.4, 0.5) is 0 Å². The van der Waals surface area contributed by atoms with Crippen molar-refractivity contribution in [1.29, 1.82) is 0 Å². The van der Waals surface area contributed by atoms with E-state index in [1.807, 2.05) is 72.8 Å². The maximum atomic E-state index is 12.9. The molecule has 0 aromatic heterocycles. The topological polar surface area (TPSA) is 106 Å². The van der Waals surface area contributed by atoms with E-state index in [2.05, 4.69) is 15.8 Å². The Hall–Kier alpha value is -2.90. The Balaban J connectivity index is 1.68. The second kappa shape index (κ2) is 11.8. The number of nitrogens with one attached hydrogen (secondary N) is 2. The SMILES string of the molecule is NN=Cc1ccc(CCCCNC2(C(=O)NN)C=CC=CC2=Cc2cccc(Cl)c2)c(Cl)c1. The van der Waals surface area contributed by atoms with Gasteiger partial charge in [0.25, 0.3) is 5.91 Å². The Labute approximate surface area is 204 Å². The summed E-state index contributed by atoms with van der Waals surface area (Å²) >= 11 is 12.5. The first-order valence-corrected chi connectivity index (χ1v) is 11.4. The van der Waals surface area contributed by atoms with E-state index in [-0.39, 0.29) is 5.91 Å². The number of halogens is 2. The Morgan fingerprint density at radius 1 is 1.09 bits per heavy atom. The van der Waals surface area contributed by atoms with Gasteiger partial charge in [-0.2, -0.15) is 5.10 Å². The zero-order chi connectivity index (χ0) is 23.7. The molecule has 6 N–H and O–H groups in total. The number of hydrazone groups is 1. The molecule has 0 heterocycles. The minimum absolute atomic E-state index is 0.337. The number of unbranched alkanes of at least 4 members (excludes halogenated alkanes) is 1. The molecule has 0 radical (unpaired) electrons. The van der Waals surface area contributed by atoms with Crippen molar-refractivity contribution < 1.29 is 4.79 Å². The van der Waals surface area contributed by atoms with Gasteiger partial charge in [0.05, 0.1) is 6.21 Å².